The minimum atomic E-state index is -1.05. The highest BCUT2D eigenvalue weighted by Gasteiger charge is 2.16. The number of rotatable bonds is 2. The average Bonchev–Trinajstić information content (AvgIpc) is 2.91. The monoisotopic (exact) mass is 242 g/mol. The molecule has 0 atom stereocenters. The molecule has 0 saturated heterocycles. The number of aromatic carboxylic acids is 1. The van der Waals surface area contributed by atoms with Crippen molar-refractivity contribution in [2.75, 3.05) is 0 Å². The van der Waals surface area contributed by atoms with E-state index in [1.165, 1.54) is 0 Å². The first kappa shape index (κ1) is 10.6. The summed E-state index contributed by atoms with van der Waals surface area (Å²) in [6.07, 6.45) is 0. The number of fused-ring (bicyclic) bond motifs is 1. The fraction of sp³-hybridized carbons (Fsp3) is 0.0769. The largest absolute Gasteiger partial charge is 0.476 e. The van der Waals surface area contributed by atoms with Gasteiger partial charge in [-0.05, 0) is 19.1 Å². The Kier molecular flexibility index (Phi) is 2.19. The molecule has 2 aromatic heterocycles. The summed E-state index contributed by atoms with van der Waals surface area (Å²) in [5.41, 5.74) is 1.28. The molecule has 5 nitrogen and oxygen atoms in total. The summed E-state index contributed by atoms with van der Waals surface area (Å²) in [7, 11) is 0. The van der Waals surface area contributed by atoms with Crippen LogP contribution in [-0.2, 0) is 0 Å². The molecule has 2 heterocycles. The maximum absolute atomic E-state index is 10.9. The van der Waals surface area contributed by atoms with Crippen molar-refractivity contribution in [2.45, 2.75) is 6.92 Å². The zero-order valence-corrected chi connectivity index (χ0v) is 9.60. The van der Waals surface area contributed by atoms with Gasteiger partial charge in [0.05, 0.1) is 0 Å². The highest BCUT2D eigenvalue weighted by Crippen LogP contribution is 2.26. The van der Waals surface area contributed by atoms with E-state index in [4.69, 9.17) is 9.52 Å². The van der Waals surface area contributed by atoms with Crippen LogP contribution in [0.3, 0.4) is 0 Å². The van der Waals surface area contributed by atoms with Gasteiger partial charge in [0.1, 0.15) is 5.58 Å². The van der Waals surface area contributed by atoms with E-state index in [2.05, 4.69) is 9.97 Å². The molecule has 2 N–H and O–H groups in total. The van der Waals surface area contributed by atoms with Gasteiger partial charge in [-0.15, -0.1) is 0 Å². The van der Waals surface area contributed by atoms with Crippen LogP contribution in [-0.4, -0.2) is 21.0 Å². The number of hydrogen-bond donors (Lipinski definition) is 2. The Bertz CT molecular complexity index is 707. The SMILES string of the molecule is Cc1[nH]c(-c2cc3ccccc3o2)nc1C(=O)O. The smallest absolute Gasteiger partial charge is 0.356 e. The van der Waals surface area contributed by atoms with E-state index in [-0.39, 0.29) is 5.69 Å². The third-order valence-electron chi connectivity index (χ3n) is 2.75. The summed E-state index contributed by atoms with van der Waals surface area (Å²) in [6, 6.07) is 9.41. The number of nitrogens with one attached hydrogen (secondary N) is 1. The molecule has 0 saturated carbocycles. The van der Waals surface area contributed by atoms with Crippen LogP contribution in [0, 0.1) is 6.92 Å². The zero-order chi connectivity index (χ0) is 12.7. The van der Waals surface area contributed by atoms with E-state index < -0.39 is 5.97 Å². The minimum absolute atomic E-state index is 0.0189. The first-order valence-corrected chi connectivity index (χ1v) is 5.44. The lowest BCUT2D eigenvalue weighted by Gasteiger charge is -1.87. The number of aromatic nitrogens is 2. The van der Waals surface area contributed by atoms with Crippen molar-refractivity contribution in [2.24, 2.45) is 0 Å². The number of benzene rings is 1. The van der Waals surface area contributed by atoms with Gasteiger partial charge in [-0.1, -0.05) is 18.2 Å². The van der Waals surface area contributed by atoms with Crippen LogP contribution in [0.1, 0.15) is 16.2 Å². The first-order valence-electron chi connectivity index (χ1n) is 5.44. The van der Waals surface area contributed by atoms with Gasteiger partial charge in [0.15, 0.2) is 17.3 Å². The first-order chi connectivity index (χ1) is 8.65. The third kappa shape index (κ3) is 1.57. The summed E-state index contributed by atoms with van der Waals surface area (Å²) in [6.45, 7) is 1.67. The Morgan fingerprint density at radius 2 is 2.17 bits per heavy atom. The van der Waals surface area contributed by atoms with E-state index >= 15 is 0 Å². The molecular weight excluding hydrogens is 232 g/mol. The molecule has 0 unspecified atom stereocenters. The number of carboxylic acid groups (broad SMARTS) is 1. The number of aryl methyl sites for hydroxylation is 1. The molecule has 3 aromatic rings. The molecule has 0 aliphatic carbocycles. The number of H-pyrrole nitrogens is 1. The van der Waals surface area contributed by atoms with Crippen LogP contribution in [0.4, 0.5) is 0 Å². The summed E-state index contributed by atoms with van der Waals surface area (Å²) in [5.74, 6) is -0.0842. The van der Waals surface area contributed by atoms with Gasteiger partial charge < -0.3 is 14.5 Å². The standard InChI is InChI=1S/C13H10N2O3/c1-7-11(13(16)17)15-12(14-7)10-6-8-4-2-3-5-9(8)18-10/h2-6H,1H3,(H,14,15)(H,16,17). The predicted molar refractivity (Wildman–Crippen MR) is 65.5 cm³/mol. The van der Waals surface area contributed by atoms with Crippen molar-refractivity contribution in [3.8, 4) is 11.6 Å². The molecular formula is C13H10N2O3. The van der Waals surface area contributed by atoms with Crippen LogP contribution < -0.4 is 0 Å². The van der Waals surface area contributed by atoms with Crippen LogP contribution in [0.5, 0.6) is 0 Å². The number of aromatic amines is 1. The van der Waals surface area contributed by atoms with Gasteiger partial charge >= 0.3 is 5.97 Å². The second kappa shape index (κ2) is 3.73. The number of carboxylic acids is 1. The maximum Gasteiger partial charge on any atom is 0.356 e. The quantitative estimate of drug-likeness (QED) is 0.724. The molecule has 1 aromatic carbocycles. The van der Waals surface area contributed by atoms with Gasteiger partial charge in [-0.25, -0.2) is 9.78 Å². The molecule has 5 heteroatoms. The number of furan rings is 1. The van der Waals surface area contributed by atoms with Crippen molar-refractivity contribution in [1.29, 1.82) is 0 Å². The molecule has 0 aliphatic heterocycles. The second-order valence-electron chi connectivity index (χ2n) is 4.01. The van der Waals surface area contributed by atoms with Crippen LogP contribution in [0.15, 0.2) is 34.7 Å². The summed E-state index contributed by atoms with van der Waals surface area (Å²) >= 11 is 0. The van der Waals surface area contributed by atoms with Crippen molar-refractivity contribution < 1.29 is 14.3 Å². The van der Waals surface area contributed by atoms with Crippen molar-refractivity contribution >= 4 is 16.9 Å². The van der Waals surface area contributed by atoms with E-state index in [0.29, 0.717) is 17.3 Å². The minimum Gasteiger partial charge on any atom is -0.476 e. The molecule has 90 valence electrons. The van der Waals surface area contributed by atoms with Gasteiger partial charge in [-0.2, -0.15) is 0 Å². The van der Waals surface area contributed by atoms with Crippen LogP contribution in [0.2, 0.25) is 0 Å². The lowest BCUT2D eigenvalue weighted by atomic mass is 10.2. The number of para-hydroxylation sites is 1. The normalized spacial score (nSPS) is 10.9. The van der Waals surface area contributed by atoms with E-state index in [0.717, 1.165) is 11.0 Å². The molecule has 0 amide bonds. The Labute approximate surface area is 102 Å². The number of nitrogens with zero attached hydrogens (tertiary/aromatic N) is 1. The van der Waals surface area contributed by atoms with E-state index in [9.17, 15) is 4.79 Å². The van der Waals surface area contributed by atoms with Crippen LogP contribution >= 0.6 is 0 Å². The Morgan fingerprint density at radius 1 is 1.39 bits per heavy atom. The fourth-order valence-electron chi connectivity index (χ4n) is 1.88. The number of hydrogen-bond acceptors (Lipinski definition) is 3. The Morgan fingerprint density at radius 3 is 2.83 bits per heavy atom. The second-order valence-corrected chi connectivity index (χ2v) is 4.01. The topological polar surface area (TPSA) is 79.1 Å². The number of imidazole rings is 1. The summed E-state index contributed by atoms with van der Waals surface area (Å²) in [4.78, 5) is 17.9. The maximum atomic E-state index is 10.9. The molecule has 18 heavy (non-hydrogen) atoms. The van der Waals surface area contributed by atoms with Gasteiger partial charge in [0.25, 0.3) is 0 Å². The van der Waals surface area contributed by atoms with Crippen molar-refractivity contribution in [3.63, 3.8) is 0 Å². The van der Waals surface area contributed by atoms with E-state index in [1.807, 2.05) is 30.3 Å². The predicted octanol–water partition coefficient (Wildman–Crippen LogP) is 2.83. The van der Waals surface area contributed by atoms with Gasteiger partial charge in [-0.3, -0.25) is 0 Å². The zero-order valence-electron chi connectivity index (χ0n) is 9.60. The third-order valence-corrected chi connectivity index (χ3v) is 2.75. The Hall–Kier alpha value is -2.56. The summed E-state index contributed by atoms with van der Waals surface area (Å²) in [5, 5.41) is 9.91. The molecule has 0 fully saturated rings. The summed E-state index contributed by atoms with van der Waals surface area (Å²) < 4.78 is 5.62. The van der Waals surface area contributed by atoms with Gasteiger partial charge in [0.2, 0.25) is 0 Å². The molecule has 0 bridgehead atoms. The van der Waals surface area contributed by atoms with Crippen LogP contribution in [0.25, 0.3) is 22.6 Å². The molecule has 0 aliphatic rings. The Balaban J connectivity index is 2.14. The molecule has 3 rings (SSSR count). The fourth-order valence-corrected chi connectivity index (χ4v) is 1.88. The molecule has 0 spiro atoms. The highest BCUT2D eigenvalue weighted by molar-refractivity contribution is 5.88. The van der Waals surface area contributed by atoms with Crippen molar-refractivity contribution in [3.05, 3.63) is 41.7 Å². The van der Waals surface area contributed by atoms with Crippen molar-refractivity contribution in [1.82, 2.24) is 9.97 Å². The number of carbonyl (C=O) groups is 1. The lowest BCUT2D eigenvalue weighted by molar-refractivity contribution is 0.0690. The van der Waals surface area contributed by atoms with E-state index in [1.54, 1.807) is 6.92 Å². The highest BCUT2D eigenvalue weighted by atomic mass is 16.4. The lowest BCUT2D eigenvalue weighted by Crippen LogP contribution is -1.98. The van der Waals surface area contributed by atoms with Gasteiger partial charge in [0, 0.05) is 11.1 Å². The molecule has 0 radical (unpaired) electrons. The average molecular weight is 242 g/mol.